The fourth-order valence-corrected chi connectivity index (χ4v) is 3.32. The molecule has 1 aromatic heterocycles. The third kappa shape index (κ3) is 2.64. The van der Waals surface area contributed by atoms with Gasteiger partial charge >= 0.3 is 0 Å². The van der Waals surface area contributed by atoms with Crippen molar-refractivity contribution in [1.29, 1.82) is 0 Å². The van der Waals surface area contributed by atoms with Crippen molar-refractivity contribution >= 4 is 28.7 Å². The van der Waals surface area contributed by atoms with Crippen LogP contribution in [0.25, 0.3) is 11.0 Å². The Kier molecular flexibility index (Phi) is 3.92. The number of carbonyl (C=O) groups excluding carboxylic acids is 2. The number of nitrogens with one attached hydrogen (secondary N) is 1. The molecule has 1 aliphatic rings. The minimum Gasteiger partial charge on any atom is -0.508 e. The monoisotopic (exact) mass is 363 g/mol. The number of Topliss-reactive ketones (excluding diaryl/α,β-unsaturated/α-hetero) is 1. The maximum absolute atomic E-state index is 12.8. The number of anilines is 1. The predicted molar refractivity (Wildman–Crippen MR) is 99.4 cm³/mol. The lowest BCUT2D eigenvalue weighted by atomic mass is 9.95. The van der Waals surface area contributed by atoms with Gasteiger partial charge in [-0.05, 0) is 29.8 Å². The zero-order valence-electron chi connectivity index (χ0n) is 14.5. The highest BCUT2D eigenvalue weighted by molar-refractivity contribution is 6.16. The molecular formula is C20H17N3O4. The lowest BCUT2D eigenvalue weighted by Gasteiger charge is -2.24. The largest absolute Gasteiger partial charge is 0.508 e. The van der Waals surface area contributed by atoms with Gasteiger partial charge < -0.3 is 15.2 Å². The van der Waals surface area contributed by atoms with Crippen LogP contribution >= 0.6 is 0 Å². The second-order valence-corrected chi connectivity index (χ2v) is 6.29. The van der Waals surface area contributed by atoms with E-state index in [-0.39, 0.29) is 29.5 Å². The lowest BCUT2D eigenvalue weighted by Crippen LogP contribution is -2.31. The Morgan fingerprint density at radius 3 is 2.52 bits per heavy atom. The number of para-hydroxylation sites is 2. The van der Waals surface area contributed by atoms with E-state index in [0.717, 1.165) is 5.52 Å². The number of phenols is 1. The Bertz CT molecular complexity index is 1050. The smallest absolute Gasteiger partial charge is 0.296 e. The van der Waals surface area contributed by atoms with Crippen molar-refractivity contribution in [2.24, 2.45) is 0 Å². The van der Waals surface area contributed by atoms with Crippen LogP contribution < -0.4 is 4.90 Å². The highest BCUT2D eigenvalue weighted by atomic mass is 16.3. The number of H-pyrrole nitrogens is 1. The molecular weight excluding hydrogens is 346 g/mol. The summed E-state index contributed by atoms with van der Waals surface area (Å²) in [4.78, 5) is 34.1. The first-order valence-corrected chi connectivity index (χ1v) is 8.54. The van der Waals surface area contributed by atoms with E-state index in [2.05, 4.69) is 9.97 Å². The lowest BCUT2D eigenvalue weighted by molar-refractivity contribution is -0.118. The number of hydrogen-bond donors (Lipinski definition) is 3. The summed E-state index contributed by atoms with van der Waals surface area (Å²) < 4.78 is 0. The highest BCUT2D eigenvalue weighted by Gasteiger charge is 2.45. The normalized spacial score (nSPS) is 17.1. The number of aromatic nitrogens is 2. The van der Waals surface area contributed by atoms with Crippen LogP contribution in [0.15, 0.2) is 59.9 Å². The van der Waals surface area contributed by atoms with Gasteiger partial charge in [-0.15, -0.1) is 0 Å². The van der Waals surface area contributed by atoms with E-state index in [9.17, 15) is 19.8 Å². The molecule has 1 atom stereocenters. The van der Waals surface area contributed by atoms with Crippen molar-refractivity contribution in [2.75, 3.05) is 4.90 Å². The highest BCUT2D eigenvalue weighted by Crippen LogP contribution is 2.41. The fraction of sp³-hybridized carbons (Fsp3) is 0.150. The van der Waals surface area contributed by atoms with Crippen LogP contribution in [0.5, 0.6) is 5.75 Å². The minimum atomic E-state index is -0.828. The SMILES string of the molecule is CCC(=O)C1=C(O)C(=O)N(c2nc3ccccc3[nH]2)C1c1ccc(O)cc1. The number of aromatic hydroxyl groups is 1. The zero-order valence-corrected chi connectivity index (χ0v) is 14.5. The Morgan fingerprint density at radius 2 is 1.85 bits per heavy atom. The number of fused-ring (bicyclic) bond motifs is 1. The van der Waals surface area contributed by atoms with Crippen molar-refractivity contribution in [3.63, 3.8) is 0 Å². The second-order valence-electron chi connectivity index (χ2n) is 6.29. The molecule has 2 heterocycles. The van der Waals surface area contributed by atoms with Gasteiger partial charge in [0.25, 0.3) is 5.91 Å². The minimum absolute atomic E-state index is 0.0358. The van der Waals surface area contributed by atoms with Crippen LogP contribution in [0.4, 0.5) is 5.95 Å². The summed E-state index contributed by atoms with van der Waals surface area (Å²) in [6.07, 6.45) is 0.148. The summed E-state index contributed by atoms with van der Waals surface area (Å²) in [5.41, 5.74) is 2.02. The molecule has 0 bridgehead atoms. The Hall–Kier alpha value is -3.61. The van der Waals surface area contributed by atoms with Gasteiger partial charge in [-0.25, -0.2) is 4.98 Å². The molecule has 7 heteroatoms. The van der Waals surface area contributed by atoms with E-state index in [1.54, 1.807) is 25.1 Å². The number of benzene rings is 2. The molecule has 1 aliphatic heterocycles. The first kappa shape index (κ1) is 16.8. The van der Waals surface area contributed by atoms with Crippen molar-refractivity contribution in [2.45, 2.75) is 19.4 Å². The Balaban J connectivity index is 1.89. The number of ketones is 1. The maximum Gasteiger partial charge on any atom is 0.296 e. The maximum atomic E-state index is 12.8. The molecule has 0 radical (unpaired) electrons. The van der Waals surface area contributed by atoms with Crippen LogP contribution in [0.2, 0.25) is 0 Å². The first-order valence-electron chi connectivity index (χ1n) is 8.54. The van der Waals surface area contributed by atoms with Gasteiger partial charge in [0.1, 0.15) is 5.75 Å². The molecule has 1 amide bonds. The summed E-state index contributed by atoms with van der Waals surface area (Å²) in [5.74, 6) is -1.28. The average molecular weight is 363 g/mol. The molecule has 7 nitrogen and oxygen atoms in total. The standard InChI is InChI=1S/C20H17N3O4/c1-2-15(25)16-17(11-7-9-12(24)10-8-11)23(19(27)18(16)26)20-21-13-5-3-4-6-14(13)22-20/h3-10,17,24,26H,2H2,1H3,(H,21,22). The van der Waals surface area contributed by atoms with Gasteiger partial charge in [0.05, 0.1) is 22.6 Å². The van der Waals surface area contributed by atoms with Crippen molar-refractivity contribution in [1.82, 2.24) is 9.97 Å². The van der Waals surface area contributed by atoms with Crippen LogP contribution in [0, 0.1) is 0 Å². The number of amides is 1. The predicted octanol–water partition coefficient (Wildman–Crippen LogP) is 3.15. The first-order chi connectivity index (χ1) is 13.0. The molecule has 2 aromatic carbocycles. The third-order valence-electron chi connectivity index (χ3n) is 4.64. The third-order valence-corrected chi connectivity index (χ3v) is 4.64. The van der Waals surface area contributed by atoms with Crippen LogP contribution in [-0.2, 0) is 9.59 Å². The molecule has 0 aliphatic carbocycles. The van der Waals surface area contributed by atoms with E-state index < -0.39 is 17.7 Å². The van der Waals surface area contributed by atoms with Crippen LogP contribution in [0.1, 0.15) is 24.9 Å². The Morgan fingerprint density at radius 1 is 1.15 bits per heavy atom. The number of nitrogens with zero attached hydrogens (tertiary/aromatic N) is 2. The van der Waals surface area contributed by atoms with E-state index >= 15 is 0 Å². The van der Waals surface area contributed by atoms with Gasteiger partial charge in [-0.2, -0.15) is 0 Å². The molecule has 3 N–H and O–H groups in total. The van der Waals surface area contributed by atoms with E-state index in [4.69, 9.17) is 0 Å². The number of rotatable bonds is 4. The number of phenolic OH excluding ortho intramolecular Hbond substituents is 1. The van der Waals surface area contributed by atoms with E-state index in [1.807, 2.05) is 18.2 Å². The summed E-state index contributed by atoms with van der Waals surface area (Å²) in [5, 5.41) is 20.0. The van der Waals surface area contributed by atoms with Gasteiger partial charge in [-0.3, -0.25) is 14.5 Å². The quantitative estimate of drug-likeness (QED) is 0.660. The summed E-state index contributed by atoms with van der Waals surface area (Å²) in [6, 6.07) is 12.7. The number of aliphatic hydroxyl groups excluding tert-OH is 1. The second kappa shape index (κ2) is 6.28. The molecule has 27 heavy (non-hydrogen) atoms. The molecule has 0 saturated carbocycles. The van der Waals surface area contributed by atoms with E-state index in [0.29, 0.717) is 11.1 Å². The number of imidazole rings is 1. The number of aromatic amines is 1. The van der Waals surface area contributed by atoms with E-state index in [1.165, 1.54) is 17.0 Å². The molecule has 4 rings (SSSR count). The van der Waals surface area contributed by atoms with Crippen LogP contribution in [0.3, 0.4) is 0 Å². The van der Waals surface area contributed by atoms with Gasteiger partial charge in [-0.1, -0.05) is 31.2 Å². The molecule has 3 aromatic rings. The number of carbonyl (C=O) groups is 2. The molecule has 0 spiro atoms. The average Bonchev–Trinajstić information content (AvgIpc) is 3.21. The van der Waals surface area contributed by atoms with Gasteiger partial charge in [0.2, 0.25) is 5.95 Å². The zero-order chi connectivity index (χ0) is 19.1. The van der Waals surface area contributed by atoms with Crippen molar-refractivity contribution in [3.05, 3.63) is 65.4 Å². The molecule has 136 valence electrons. The van der Waals surface area contributed by atoms with Crippen molar-refractivity contribution in [3.8, 4) is 5.75 Å². The fourth-order valence-electron chi connectivity index (χ4n) is 3.32. The van der Waals surface area contributed by atoms with Gasteiger partial charge in [0.15, 0.2) is 11.5 Å². The Labute approximate surface area is 154 Å². The molecule has 1 unspecified atom stereocenters. The van der Waals surface area contributed by atoms with Crippen molar-refractivity contribution < 1.29 is 19.8 Å². The topological polar surface area (TPSA) is 107 Å². The summed E-state index contributed by atoms with van der Waals surface area (Å²) in [6.45, 7) is 1.67. The van der Waals surface area contributed by atoms with Gasteiger partial charge in [0, 0.05) is 6.42 Å². The number of aliphatic hydroxyl groups is 1. The summed E-state index contributed by atoms with van der Waals surface area (Å²) >= 11 is 0. The number of hydrogen-bond acceptors (Lipinski definition) is 5. The molecule has 0 fully saturated rings. The summed E-state index contributed by atoms with van der Waals surface area (Å²) in [7, 11) is 0. The van der Waals surface area contributed by atoms with Crippen LogP contribution in [-0.4, -0.2) is 31.9 Å². The molecule has 0 saturated heterocycles.